The molecule has 0 N–H and O–H groups in total. The Kier molecular flexibility index (Phi) is 22.3. The first-order valence-electron chi connectivity index (χ1n) is 21.0. The molecular weight excluding hydrogens is 802 g/mol. The Bertz CT molecular complexity index is 1840. The average Bonchev–Trinajstić information content (AvgIpc) is 3.76. The van der Waals surface area contributed by atoms with Crippen LogP contribution in [-0.2, 0) is 0 Å². The Morgan fingerprint density at radius 3 is 1.03 bits per heavy atom. The van der Waals surface area contributed by atoms with E-state index < -0.39 is 30.0 Å². The smallest absolute Gasteiger partial charge is 0.449 e. The first kappa shape index (κ1) is 49.5. The average molecular weight is 861 g/mol. The van der Waals surface area contributed by atoms with Crippen molar-refractivity contribution in [2.24, 2.45) is 0 Å². The zero-order valence-corrected chi connectivity index (χ0v) is 34.5. The number of unbranched alkanes of at least 4 members (excludes halogenated alkanes) is 18. The van der Waals surface area contributed by atoms with E-state index in [2.05, 4.69) is 33.5 Å². The maximum atomic E-state index is 12.2. The third-order valence-corrected chi connectivity index (χ3v) is 9.14. The fraction of sp³-hybridized carbons (Fsp3) is 0.619. The van der Waals surface area contributed by atoms with Gasteiger partial charge in [-0.05, 0) is 61.4 Å². The molecule has 12 nitrogen and oxygen atoms in total. The summed E-state index contributed by atoms with van der Waals surface area (Å²) in [4.78, 5) is 23.8. The van der Waals surface area contributed by atoms with Gasteiger partial charge in [-0.1, -0.05) is 140 Å². The topological polar surface area (TPSA) is 133 Å². The molecule has 0 bridgehead atoms. The predicted octanol–water partition coefficient (Wildman–Crippen LogP) is 12.0. The van der Waals surface area contributed by atoms with Crippen LogP contribution in [0.25, 0.3) is 11.4 Å². The summed E-state index contributed by atoms with van der Waals surface area (Å²) >= 11 is 0. The summed E-state index contributed by atoms with van der Waals surface area (Å²) in [6, 6.07) is 9.45. The fourth-order valence-corrected chi connectivity index (χ4v) is 6.04. The summed E-state index contributed by atoms with van der Waals surface area (Å²) in [5.74, 6) is -2.34. The van der Waals surface area contributed by atoms with E-state index >= 15 is 0 Å². The second-order valence-corrected chi connectivity index (χ2v) is 14.2. The third kappa shape index (κ3) is 20.9. The molecule has 0 atom stereocenters. The fourth-order valence-electron chi connectivity index (χ4n) is 6.04. The Hall–Kier alpha value is -4.90. The molecule has 0 saturated carbocycles. The zero-order valence-electron chi connectivity index (χ0n) is 34.5. The molecule has 0 spiro atoms. The molecule has 0 amide bonds. The highest BCUT2D eigenvalue weighted by Gasteiger charge is 2.32. The SMILES string of the molecule is CCCCCCCCCCCCCCCCOc1nn(-c2ccc(OC(F)(F)F)cc2)c(=O)o1.CCCCCCCCOc1nn(-c2ccc(OC(F)(F)F)cc2)c(=O)o1. The summed E-state index contributed by atoms with van der Waals surface area (Å²) in [6.07, 6.45) is 14.3. The lowest BCUT2D eigenvalue weighted by atomic mass is 10.0. The second-order valence-electron chi connectivity index (χ2n) is 14.2. The second kappa shape index (κ2) is 27.0. The Labute approximate surface area is 346 Å². The molecule has 2 aromatic heterocycles. The summed E-state index contributed by atoms with van der Waals surface area (Å²) < 4.78 is 103. The van der Waals surface area contributed by atoms with E-state index in [0.717, 1.165) is 72.2 Å². The number of benzene rings is 2. The van der Waals surface area contributed by atoms with Crippen LogP contribution >= 0.6 is 0 Å². The highest BCUT2D eigenvalue weighted by atomic mass is 19.4. The van der Waals surface area contributed by atoms with Crippen LogP contribution in [0.1, 0.15) is 142 Å². The van der Waals surface area contributed by atoms with Crippen LogP contribution < -0.4 is 30.5 Å². The molecule has 0 aliphatic rings. The van der Waals surface area contributed by atoms with Crippen molar-refractivity contribution >= 4 is 0 Å². The molecule has 4 rings (SSSR count). The molecule has 0 unspecified atom stereocenters. The summed E-state index contributed by atoms with van der Waals surface area (Å²) in [7, 11) is 0. The maximum Gasteiger partial charge on any atom is 0.573 e. The lowest BCUT2D eigenvalue weighted by Gasteiger charge is -2.08. The van der Waals surface area contributed by atoms with Crippen LogP contribution in [0.3, 0.4) is 0 Å². The number of nitrogens with zero attached hydrogens (tertiary/aromatic N) is 4. The van der Waals surface area contributed by atoms with Gasteiger partial charge < -0.3 is 27.8 Å². The van der Waals surface area contributed by atoms with Crippen molar-refractivity contribution < 1.29 is 54.1 Å². The van der Waals surface area contributed by atoms with Gasteiger partial charge in [-0.2, -0.15) is 9.36 Å². The largest absolute Gasteiger partial charge is 0.573 e. The number of rotatable bonds is 28. The molecule has 0 saturated heterocycles. The minimum Gasteiger partial charge on any atom is -0.449 e. The van der Waals surface area contributed by atoms with Crippen LogP contribution in [0.15, 0.2) is 67.0 Å². The standard InChI is InChI=1S/C25H37F3N2O4.C17H21F3N2O4/c1-2-3-4-5-6-7-8-9-10-11-12-13-14-15-20-32-23-29-30(24(31)33-23)21-16-18-22(19-17-21)34-25(26,27)28;1-2-3-4-5-6-7-12-24-15-21-22(16(23)25-15)13-8-10-14(11-9-13)26-17(18,19)20/h16-19H,2-15,20H2,1H3;8-11H,2-7,12H2,1H3. The molecule has 2 heterocycles. The number of ether oxygens (including phenoxy) is 4. The molecule has 0 aliphatic heterocycles. The van der Waals surface area contributed by atoms with Gasteiger partial charge in [-0.25, -0.2) is 9.59 Å². The molecule has 4 aromatic rings. The highest BCUT2D eigenvalue weighted by molar-refractivity contribution is 5.37. The lowest BCUT2D eigenvalue weighted by molar-refractivity contribution is -0.275. The molecule has 18 heteroatoms. The van der Waals surface area contributed by atoms with E-state index in [0.29, 0.717) is 13.2 Å². The number of alkyl halides is 6. The normalized spacial score (nSPS) is 11.6. The van der Waals surface area contributed by atoms with Crippen molar-refractivity contribution in [3.8, 4) is 35.0 Å². The summed E-state index contributed by atoms with van der Waals surface area (Å²) in [6.45, 7) is 5.16. The van der Waals surface area contributed by atoms with Crippen LogP contribution in [0.5, 0.6) is 23.7 Å². The maximum absolute atomic E-state index is 12.2. The van der Waals surface area contributed by atoms with Crippen molar-refractivity contribution in [2.45, 2.75) is 155 Å². The summed E-state index contributed by atoms with van der Waals surface area (Å²) in [5, 5.41) is 7.82. The first-order chi connectivity index (χ1) is 28.8. The quantitative estimate of drug-likeness (QED) is 0.0401. The zero-order chi connectivity index (χ0) is 43.6. The van der Waals surface area contributed by atoms with Gasteiger partial charge in [0.15, 0.2) is 0 Å². The number of hydrogen-bond acceptors (Lipinski definition) is 10. The van der Waals surface area contributed by atoms with Crippen molar-refractivity contribution in [2.75, 3.05) is 13.2 Å². The molecule has 60 heavy (non-hydrogen) atoms. The van der Waals surface area contributed by atoms with Crippen LogP contribution in [0.4, 0.5) is 26.3 Å². The Morgan fingerprint density at radius 1 is 0.467 bits per heavy atom. The van der Waals surface area contributed by atoms with Gasteiger partial charge >= 0.3 is 36.4 Å². The van der Waals surface area contributed by atoms with Gasteiger partial charge in [0.25, 0.3) is 0 Å². The lowest BCUT2D eigenvalue weighted by Crippen LogP contribution is -2.17. The minimum absolute atomic E-state index is 0.157. The molecular formula is C42H58F6N4O8. The van der Waals surface area contributed by atoms with E-state index in [1.54, 1.807) is 0 Å². The molecule has 0 radical (unpaired) electrons. The number of halogens is 6. The van der Waals surface area contributed by atoms with E-state index in [-0.39, 0.29) is 29.3 Å². The molecule has 2 aromatic carbocycles. The van der Waals surface area contributed by atoms with Crippen molar-refractivity contribution in [1.29, 1.82) is 0 Å². The summed E-state index contributed by atoms with van der Waals surface area (Å²) in [5.41, 5.74) is 0.484. The van der Waals surface area contributed by atoms with Crippen molar-refractivity contribution in [3.63, 3.8) is 0 Å². The van der Waals surface area contributed by atoms with Gasteiger partial charge in [-0.3, -0.25) is 0 Å². The highest BCUT2D eigenvalue weighted by Crippen LogP contribution is 2.25. The van der Waals surface area contributed by atoms with Crippen LogP contribution in [-0.4, -0.2) is 45.5 Å². The Balaban J connectivity index is 0.000000332. The number of hydrogen-bond donors (Lipinski definition) is 0. The van der Waals surface area contributed by atoms with Gasteiger partial charge in [0.1, 0.15) is 11.5 Å². The Morgan fingerprint density at radius 2 is 0.750 bits per heavy atom. The molecule has 336 valence electrons. The molecule has 0 fully saturated rings. The monoisotopic (exact) mass is 860 g/mol. The predicted molar refractivity (Wildman–Crippen MR) is 212 cm³/mol. The van der Waals surface area contributed by atoms with E-state index in [4.69, 9.17) is 18.3 Å². The van der Waals surface area contributed by atoms with Gasteiger partial charge in [0.05, 0.1) is 24.6 Å². The van der Waals surface area contributed by atoms with Crippen molar-refractivity contribution in [3.05, 3.63) is 69.6 Å². The van der Waals surface area contributed by atoms with Gasteiger partial charge in [0.2, 0.25) is 0 Å². The van der Waals surface area contributed by atoms with Crippen LogP contribution in [0, 0.1) is 0 Å². The van der Waals surface area contributed by atoms with Crippen LogP contribution in [0.2, 0.25) is 0 Å². The van der Waals surface area contributed by atoms with Gasteiger partial charge in [0, 0.05) is 0 Å². The first-order valence-corrected chi connectivity index (χ1v) is 21.0. The van der Waals surface area contributed by atoms with Crippen molar-refractivity contribution in [1.82, 2.24) is 19.6 Å². The van der Waals surface area contributed by atoms with E-state index in [1.807, 2.05) is 0 Å². The van der Waals surface area contributed by atoms with Gasteiger partial charge in [-0.15, -0.1) is 26.3 Å². The van der Waals surface area contributed by atoms with E-state index in [1.165, 1.54) is 114 Å². The van der Waals surface area contributed by atoms with E-state index in [9.17, 15) is 35.9 Å². The molecule has 0 aliphatic carbocycles. The number of aromatic nitrogens is 4. The minimum atomic E-state index is -4.78. The third-order valence-electron chi connectivity index (χ3n) is 9.14.